The molecule has 4 nitrogen and oxygen atoms in total. The van der Waals surface area contributed by atoms with Crippen molar-refractivity contribution in [1.82, 2.24) is 9.97 Å². The Morgan fingerprint density at radius 3 is 3.00 bits per heavy atom. The highest BCUT2D eigenvalue weighted by atomic mass is 16.5. The number of ketones is 1. The minimum absolute atomic E-state index is 0.156. The molecular weight excluding hydrogens is 156 g/mol. The van der Waals surface area contributed by atoms with Crippen LogP contribution >= 0.6 is 0 Å². The van der Waals surface area contributed by atoms with Crippen LogP contribution in [0.3, 0.4) is 0 Å². The van der Waals surface area contributed by atoms with Gasteiger partial charge in [-0.1, -0.05) is 0 Å². The molecule has 0 aromatic carbocycles. The van der Waals surface area contributed by atoms with Crippen molar-refractivity contribution in [3.8, 4) is 5.88 Å². The number of rotatable bonds is 3. The Morgan fingerprint density at radius 2 is 2.42 bits per heavy atom. The van der Waals surface area contributed by atoms with E-state index in [1.165, 1.54) is 13.1 Å². The van der Waals surface area contributed by atoms with Crippen LogP contribution in [-0.4, -0.2) is 22.4 Å². The van der Waals surface area contributed by atoms with Gasteiger partial charge >= 0.3 is 0 Å². The standard InChI is InChI=1S/C8H10N2O2/c1-3-12-7-4-5-9-8(10-7)6(2)11/h4-5H,3H2,1-2H3. The van der Waals surface area contributed by atoms with Gasteiger partial charge in [0.25, 0.3) is 0 Å². The molecule has 0 radical (unpaired) electrons. The number of ether oxygens (including phenoxy) is 1. The lowest BCUT2D eigenvalue weighted by Crippen LogP contribution is -2.03. The summed E-state index contributed by atoms with van der Waals surface area (Å²) in [6.07, 6.45) is 1.51. The smallest absolute Gasteiger partial charge is 0.216 e. The number of carbonyl (C=O) groups excluding carboxylic acids is 1. The van der Waals surface area contributed by atoms with Gasteiger partial charge in [0.1, 0.15) is 0 Å². The summed E-state index contributed by atoms with van der Waals surface area (Å²) in [6.45, 7) is 3.81. The summed E-state index contributed by atoms with van der Waals surface area (Å²) in [6, 6.07) is 1.62. The second kappa shape index (κ2) is 3.80. The van der Waals surface area contributed by atoms with E-state index in [4.69, 9.17) is 4.74 Å². The topological polar surface area (TPSA) is 52.1 Å². The molecule has 0 aliphatic rings. The molecule has 0 saturated heterocycles. The zero-order valence-electron chi connectivity index (χ0n) is 7.07. The Kier molecular flexibility index (Phi) is 2.74. The maximum Gasteiger partial charge on any atom is 0.216 e. The average Bonchev–Trinajstić information content (AvgIpc) is 2.05. The number of hydrogen-bond acceptors (Lipinski definition) is 4. The van der Waals surface area contributed by atoms with Crippen molar-refractivity contribution in [1.29, 1.82) is 0 Å². The summed E-state index contributed by atoms with van der Waals surface area (Å²) in [5.41, 5.74) is 0. The summed E-state index contributed by atoms with van der Waals surface area (Å²) >= 11 is 0. The third kappa shape index (κ3) is 2.02. The van der Waals surface area contributed by atoms with Crippen LogP contribution in [0.5, 0.6) is 5.88 Å². The number of Topliss-reactive ketones (excluding diaryl/α,β-unsaturated/α-hetero) is 1. The molecule has 0 N–H and O–H groups in total. The molecule has 64 valence electrons. The average molecular weight is 166 g/mol. The van der Waals surface area contributed by atoms with Gasteiger partial charge in [0.15, 0.2) is 11.6 Å². The lowest BCUT2D eigenvalue weighted by Gasteiger charge is -2.00. The van der Waals surface area contributed by atoms with Crippen LogP contribution in [-0.2, 0) is 0 Å². The van der Waals surface area contributed by atoms with Crippen LogP contribution in [0.2, 0.25) is 0 Å². The second-order valence-electron chi connectivity index (χ2n) is 2.21. The highest BCUT2D eigenvalue weighted by Crippen LogP contribution is 2.04. The van der Waals surface area contributed by atoms with E-state index in [1.54, 1.807) is 6.07 Å². The predicted octanol–water partition coefficient (Wildman–Crippen LogP) is 1.08. The van der Waals surface area contributed by atoms with Gasteiger partial charge in [0.2, 0.25) is 5.88 Å². The fraction of sp³-hybridized carbons (Fsp3) is 0.375. The van der Waals surface area contributed by atoms with E-state index in [0.29, 0.717) is 12.5 Å². The monoisotopic (exact) mass is 166 g/mol. The molecule has 0 aliphatic heterocycles. The summed E-state index contributed by atoms with van der Waals surface area (Å²) in [5, 5.41) is 0. The van der Waals surface area contributed by atoms with Crippen molar-refractivity contribution >= 4 is 5.78 Å². The van der Waals surface area contributed by atoms with Crippen molar-refractivity contribution < 1.29 is 9.53 Å². The first kappa shape index (κ1) is 8.64. The van der Waals surface area contributed by atoms with Crippen LogP contribution in [0.25, 0.3) is 0 Å². The van der Waals surface area contributed by atoms with Gasteiger partial charge in [-0.05, 0) is 6.92 Å². The molecule has 0 saturated carbocycles. The van der Waals surface area contributed by atoms with Crippen LogP contribution in [0.1, 0.15) is 24.5 Å². The maximum atomic E-state index is 10.8. The normalized spacial score (nSPS) is 9.50. The predicted molar refractivity (Wildman–Crippen MR) is 43.2 cm³/mol. The maximum absolute atomic E-state index is 10.8. The van der Waals surface area contributed by atoms with E-state index in [2.05, 4.69) is 9.97 Å². The Labute approximate surface area is 70.6 Å². The molecule has 1 aromatic heterocycles. The summed E-state index contributed by atoms with van der Waals surface area (Å²) in [4.78, 5) is 18.5. The lowest BCUT2D eigenvalue weighted by atomic mass is 10.4. The molecule has 0 bridgehead atoms. The molecular formula is C8H10N2O2. The number of hydrogen-bond donors (Lipinski definition) is 0. The van der Waals surface area contributed by atoms with E-state index in [9.17, 15) is 4.79 Å². The molecule has 0 amide bonds. The van der Waals surface area contributed by atoms with Crippen molar-refractivity contribution in [3.63, 3.8) is 0 Å². The highest BCUT2D eigenvalue weighted by molar-refractivity contribution is 5.90. The molecule has 0 atom stereocenters. The number of nitrogens with zero attached hydrogens (tertiary/aromatic N) is 2. The number of aromatic nitrogens is 2. The zero-order chi connectivity index (χ0) is 8.97. The minimum Gasteiger partial charge on any atom is -0.478 e. The molecule has 4 heteroatoms. The minimum atomic E-state index is -0.156. The Balaban J connectivity index is 2.88. The molecule has 1 rings (SSSR count). The van der Waals surface area contributed by atoms with E-state index in [0.717, 1.165) is 0 Å². The number of carbonyl (C=O) groups is 1. The lowest BCUT2D eigenvalue weighted by molar-refractivity contribution is 0.100. The third-order valence-electron chi connectivity index (χ3n) is 1.24. The van der Waals surface area contributed by atoms with Gasteiger partial charge in [0, 0.05) is 19.2 Å². The molecule has 0 unspecified atom stereocenters. The SMILES string of the molecule is CCOc1ccnc(C(C)=O)n1. The van der Waals surface area contributed by atoms with Crippen molar-refractivity contribution in [2.24, 2.45) is 0 Å². The first-order valence-corrected chi connectivity index (χ1v) is 3.71. The molecule has 12 heavy (non-hydrogen) atoms. The molecule has 1 heterocycles. The van der Waals surface area contributed by atoms with Crippen LogP contribution in [0.4, 0.5) is 0 Å². The zero-order valence-corrected chi connectivity index (χ0v) is 7.07. The second-order valence-corrected chi connectivity index (χ2v) is 2.21. The van der Waals surface area contributed by atoms with Crippen molar-refractivity contribution in [2.75, 3.05) is 6.61 Å². The summed E-state index contributed by atoms with van der Waals surface area (Å²) in [5.74, 6) is 0.482. The van der Waals surface area contributed by atoms with E-state index >= 15 is 0 Å². The van der Waals surface area contributed by atoms with Crippen LogP contribution in [0.15, 0.2) is 12.3 Å². The van der Waals surface area contributed by atoms with Gasteiger partial charge < -0.3 is 4.74 Å². The fourth-order valence-electron chi connectivity index (χ4n) is 0.740. The fourth-order valence-corrected chi connectivity index (χ4v) is 0.740. The van der Waals surface area contributed by atoms with Gasteiger partial charge in [-0.3, -0.25) is 4.79 Å². The third-order valence-corrected chi connectivity index (χ3v) is 1.24. The van der Waals surface area contributed by atoms with Crippen LogP contribution < -0.4 is 4.74 Å². The van der Waals surface area contributed by atoms with Gasteiger partial charge in [-0.25, -0.2) is 4.98 Å². The molecule has 0 aliphatic carbocycles. The van der Waals surface area contributed by atoms with Crippen LogP contribution in [0, 0.1) is 0 Å². The molecule has 1 aromatic rings. The Bertz CT molecular complexity index is 286. The van der Waals surface area contributed by atoms with E-state index in [-0.39, 0.29) is 11.6 Å². The Hall–Kier alpha value is -1.45. The largest absolute Gasteiger partial charge is 0.478 e. The van der Waals surface area contributed by atoms with Crippen molar-refractivity contribution in [3.05, 3.63) is 18.1 Å². The van der Waals surface area contributed by atoms with Crippen molar-refractivity contribution in [2.45, 2.75) is 13.8 Å². The first-order valence-electron chi connectivity index (χ1n) is 3.71. The van der Waals surface area contributed by atoms with Gasteiger partial charge in [0.05, 0.1) is 6.61 Å². The summed E-state index contributed by atoms with van der Waals surface area (Å²) < 4.78 is 5.09. The molecule has 0 fully saturated rings. The first-order chi connectivity index (χ1) is 5.74. The van der Waals surface area contributed by atoms with Gasteiger partial charge in [-0.15, -0.1) is 0 Å². The Morgan fingerprint density at radius 1 is 1.67 bits per heavy atom. The van der Waals surface area contributed by atoms with E-state index in [1.807, 2.05) is 6.92 Å². The van der Waals surface area contributed by atoms with E-state index < -0.39 is 0 Å². The quantitative estimate of drug-likeness (QED) is 0.630. The summed E-state index contributed by atoms with van der Waals surface area (Å²) in [7, 11) is 0. The van der Waals surface area contributed by atoms with Gasteiger partial charge in [-0.2, -0.15) is 4.98 Å². The highest BCUT2D eigenvalue weighted by Gasteiger charge is 2.03. The molecule has 0 spiro atoms.